The summed E-state index contributed by atoms with van der Waals surface area (Å²) in [4.78, 5) is 14.0. The Morgan fingerprint density at radius 2 is 2.00 bits per heavy atom. The topological polar surface area (TPSA) is 32.9 Å². The molecule has 0 fully saturated rings. The first-order chi connectivity index (χ1) is 7.87. The lowest BCUT2D eigenvalue weighted by Crippen LogP contribution is -2.14. The molecule has 0 amide bonds. The van der Waals surface area contributed by atoms with Crippen LogP contribution in [0.4, 0.5) is 17.6 Å². The van der Waals surface area contributed by atoms with E-state index in [1.165, 1.54) is 6.07 Å². The van der Waals surface area contributed by atoms with Crippen LogP contribution in [0.15, 0.2) is 24.4 Å². The minimum absolute atomic E-state index is 0.0719. The highest BCUT2D eigenvalue weighted by molar-refractivity contribution is 6.08. The van der Waals surface area contributed by atoms with E-state index in [0.29, 0.717) is 10.9 Å². The minimum atomic E-state index is -4.54. The Labute approximate surface area is 93.2 Å². The van der Waals surface area contributed by atoms with E-state index in [1.807, 2.05) is 0 Å². The molecule has 2 aromatic rings. The van der Waals surface area contributed by atoms with Crippen LogP contribution in [0.25, 0.3) is 10.9 Å². The quantitative estimate of drug-likeness (QED) is 0.638. The molecule has 0 unspecified atom stereocenters. The van der Waals surface area contributed by atoms with Crippen molar-refractivity contribution in [3.05, 3.63) is 35.8 Å². The van der Waals surface area contributed by atoms with E-state index in [-0.39, 0.29) is 5.56 Å². The van der Waals surface area contributed by atoms with E-state index < -0.39 is 24.2 Å². The van der Waals surface area contributed by atoms with Crippen molar-refractivity contribution in [1.82, 2.24) is 4.98 Å². The van der Waals surface area contributed by atoms with Gasteiger partial charge in [0.25, 0.3) is 0 Å². The molecule has 0 radical (unpaired) electrons. The molecule has 0 bridgehead atoms. The van der Waals surface area contributed by atoms with Crippen molar-refractivity contribution in [3.8, 4) is 0 Å². The van der Waals surface area contributed by atoms with Crippen LogP contribution in [-0.2, 0) is 0 Å². The first-order valence-electron chi connectivity index (χ1n) is 4.73. The molecule has 0 saturated heterocycles. The van der Waals surface area contributed by atoms with Gasteiger partial charge < -0.3 is 4.98 Å². The zero-order chi connectivity index (χ0) is 12.6. The second-order valence-corrected chi connectivity index (χ2v) is 3.61. The van der Waals surface area contributed by atoms with Crippen LogP contribution in [0.5, 0.6) is 0 Å². The number of aromatic amines is 1. The fourth-order valence-corrected chi connectivity index (χ4v) is 1.61. The summed E-state index contributed by atoms with van der Waals surface area (Å²) in [5.74, 6) is -1.55. The number of Topliss-reactive ketones (excluding diaryl/α,β-unsaturated/α-hetero) is 1. The molecule has 0 spiro atoms. The molecule has 6 heteroatoms. The molecule has 0 atom stereocenters. The summed E-state index contributed by atoms with van der Waals surface area (Å²) in [6, 6.07) is 3.50. The number of hydrogen-bond acceptors (Lipinski definition) is 1. The molecule has 90 valence electrons. The van der Waals surface area contributed by atoms with Gasteiger partial charge in [0, 0.05) is 22.7 Å². The predicted molar refractivity (Wildman–Crippen MR) is 53.3 cm³/mol. The van der Waals surface area contributed by atoms with E-state index in [9.17, 15) is 22.4 Å². The molecule has 2 nitrogen and oxygen atoms in total. The number of carbonyl (C=O) groups excluding carboxylic acids is 1. The normalized spacial score (nSPS) is 12.0. The van der Waals surface area contributed by atoms with Gasteiger partial charge in [-0.25, -0.2) is 4.39 Å². The number of nitrogens with one attached hydrogen (secondary N) is 1. The Balaban J connectivity index is 2.40. The summed E-state index contributed by atoms with van der Waals surface area (Å²) < 4.78 is 49.0. The van der Waals surface area contributed by atoms with Crippen molar-refractivity contribution in [2.45, 2.75) is 12.6 Å². The SMILES string of the molecule is O=C(CC(F)(F)F)c1c[nH]c2cc(F)ccc12. The lowest BCUT2D eigenvalue weighted by molar-refractivity contribution is -0.125. The summed E-state index contributed by atoms with van der Waals surface area (Å²) in [5, 5.41) is 0.292. The Bertz CT molecular complexity index is 570. The standard InChI is InChI=1S/C11H7F4NO/c12-6-1-2-7-8(5-16-9(7)3-6)10(17)4-11(13,14)15/h1-3,5,16H,4H2. The van der Waals surface area contributed by atoms with Crippen molar-refractivity contribution in [2.75, 3.05) is 0 Å². The Morgan fingerprint density at radius 3 is 2.65 bits per heavy atom. The summed E-state index contributed by atoms with van der Waals surface area (Å²) in [7, 11) is 0. The van der Waals surface area contributed by atoms with Gasteiger partial charge in [-0.3, -0.25) is 4.79 Å². The van der Waals surface area contributed by atoms with E-state index in [4.69, 9.17) is 0 Å². The van der Waals surface area contributed by atoms with Gasteiger partial charge in [0.15, 0.2) is 5.78 Å². The van der Waals surface area contributed by atoms with E-state index >= 15 is 0 Å². The summed E-state index contributed by atoms with van der Waals surface area (Å²) in [6.07, 6.45) is -4.89. The minimum Gasteiger partial charge on any atom is -0.360 e. The molecule has 1 aromatic carbocycles. The third kappa shape index (κ3) is 2.46. The maximum absolute atomic E-state index is 12.8. The van der Waals surface area contributed by atoms with Crippen molar-refractivity contribution >= 4 is 16.7 Å². The second-order valence-electron chi connectivity index (χ2n) is 3.61. The highest BCUT2D eigenvalue weighted by Gasteiger charge is 2.32. The van der Waals surface area contributed by atoms with Crippen molar-refractivity contribution in [2.24, 2.45) is 0 Å². The van der Waals surface area contributed by atoms with Crippen LogP contribution < -0.4 is 0 Å². The molecule has 1 heterocycles. The number of benzene rings is 1. The monoisotopic (exact) mass is 245 g/mol. The fourth-order valence-electron chi connectivity index (χ4n) is 1.61. The van der Waals surface area contributed by atoms with Crippen LogP contribution in [0.3, 0.4) is 0 Å². The van der Waals surface area contributed by atoms with Gasteiger partial charge in [-0.15, -0.1) is 0 Å². The largest absolute Gasteiger partial charge is 0.396 e. The summed E-state index contributed by atoms with van der Waals surface area (Å²) in [6.45, 7) is 0. The van der Waals surface area contributed by atoms with Crippen LogP contribution in [0.2, 0.25) is 0 Å². The average molecular weight is 245 g/mol. The molecule has 0 aliphatic heterocycles. The number of halogens is 4. The maximum atomic E-state index is 12.8. The zero-order valence-corrected chi connectivity index (χ0v) is 8.44. The van der Waals surface area contributed by atoms with Gasteiger partial charge in [0.1, 0.15) is 12.2 Å². The lowest BCUT2D eigenvalue weighted by atomic mass is 10.1. The van der Waals surface area contributed by atoms with Gasteiger partial charge in [0.05, 0.1) is 0 Å². The fraction of sp³-hybridized carbons (Fsp3) is 0.182. The Morgan fingerprint density at radius 1 is 1.29 bits per heavy atom. The number of ketones is 1. The first kappa shape index (κ1) is 11.6. The van der Waals surface area contributed by atoms with Crippen LogP contribution in [0.1, 0.15) is 16.8 Å². The van der Waals surface area contributed by atoms with Crippen molar-refractivity contribution in [3.63, 3.8) is 0 Å². The molecular weight excluding hydrogens is 238 g/mol. The first-order valence-corrected chi connectivity index (χ1v) is 4.73. The molecule has 17 heavy (non-hydrogen) atoms. The van der Waals surface area contributed by atoms with Crippen LogP contribution in [0, 0.1) is 5.82 Å². The summed E-state index contributed by atoms with van der Waals surface area (Å²) >= 11 is 0. The number of carbonyl (C=O) groups is 1. The zero-order valence-electron chi connectivity index (χ0n) is 8.44. The number of H-pyrrole nitrogens is 1. The van der Waals surface area contributed by atoms with E-state index in [0.717, 1.165) is 18.3 Å². The molecule has 0 aliphatic rings. The van der Waals surface area contributed by atoms with Gasteiger partial charge in [0.2, 0.25) is 0 Å². The van der Waals surface area contributed by atoms with Gasteiger partial charge >= 0.3 is 6.18 Å². The van der Waals surface area contributed by atoms with Crippen LogP contribution in [-0.4, -0.2) is 16.9 Å². The number of alkyl halides is 3. The molecule has 0 saturated carbocycles. The Hall–Kier alpha value is -1.85. The van der Waals surface area contributed by atoms with E-state index in [2.05, 4.69) is 4.98 Å². The van der Waals surface area contributed by atoms with Gasteiger partial charge in [-0.2, -0.15) is 13.2 Å². The van der Waals surface area contributed by atoms with Gasteiger partial charge in [-0.1, -0.05) is 0 Å². The Kier molecular flexibility index (Phi) is 2.65. The van der Waals surface area contributed by atoms with Crippen molar-refractivity contribution in [1.29, 1.82) is 0 Å². The molecule has 1 aromatic heterocycles. The summed E-state index contributed by atoms with van der Waals surface area (Å²) in [5.41, 5.74) is 0.229. The van der Waals surface area contributed by atoms with Gasteiger partial charge in [-0.05, 0) is 18.2 Å². The van der Waals surface area contributed by atoms with Crippen LogP contribution >= 0.6 is 0 Å². The van der Waals surface area contributed by atoms with E-state index in [1.54, 1.807) is 0 Å². The molecule has 1 N–H and O–H groups in total. The average Bonchev–Trinajstić information content (AvgIpc) is 2.57. The highest BCUT2D eigenvalue weighted by Crippen LogP contribution is 2.26. The predicted octanol–water partition coefficient (Wildman–Crippen LogP) is 3.44. The highest BCUT2D eigenvalue weighted by atomic mass is 19.4. The third-order valence-corrected chi connectivity index (χ3v) is 2.31. The lowest BCUT2D eigenvalue weighted by Gasteiger charge is -2.04. The third-order valence-electron chi connectivity index (χ3n) is 2.31. The molecular formula is C11H7F4NO. The second kappa shape index (κ2) is 3.87. The number of aromatic nitrogens is 1. The van der Waals surface area contributed by atoms with Crippen molar-refractivity contribution < 1.29 is 22.4 Å². The molecule has 0 aliphatic carbocycles. The maximum Gasteiger partial charge on any atom is 0.396 e. The number of fused-ring (bicyclic) bond motifs is 1. The smallest absolute Gasteiger partial charge is 0.360 e. The number of hydrogen-bond donors (Lipinski definition) is 1. The molecule has 2 rings (SSSR count). The number of rotatable bonds is 2.